The van der Waals surface area contributed by atoms with Crippen LogP contribution in [0.15, 0.2) is 24.3 Å². The van der Waals surface area contributed by atoms with Gasteiger partial charge in [-0.1, -0.05) is 17.7 Å². The highest BCUT2D eigenvalue weighted by Crippen LogP contribution is 2.41. The number of aryl methyl sites for hydroxylation is 2. The molecule has 2 aliphatic rings. The molecular weight excluding hydrogens is 436 g/mol. The van der Waals surface area contributed by atoms with E-state index in [1.807, 2.05) is 26.0 Å². The van der Waals surface area contributed by atoms with E-state index < -0.39 is 9.84 Å². The predicted molar refractivity (Wildman–Crippen MR) is 121 cm³/mol. The third kappa shape index (κ3) is 3.83. The molecule has 9 heteroatoms. The molecule has 2 aromatic heterocycles. The third-order valence-electron chi connectivity index (χ3n) is 6.10. The normalized spacial score (nSPS) is 20.3. The van der Waals surface area contributed by atoms with E-state index in [-0.39, 0.29) is 23.5 Å². The summed E-state index contributed by atoms with van der Waals surface area (Å²) in [7, 11) is -3.07. The molecule has 31 heavy (non-hydrogen) atoms. The number of sulfone groups is 1. The number of halogens is 1. The van der Waals surface area contributed by atoms with Crippen molar-refractivity contribution in [2.75, 3.05) is 16.8 Å². The summed E-state index contributed by atoms with van der Waals surface area (Å²) in [5, 5.41) is 8.83. The van der Waals surface area contributed by atoms with Crippen LogP contribution in [0.3, 0.4) is 0 Å². The van der Waals surface area contributed by atoms with Gasteiger partial charge in [-0.2, -0.15) is 5.10 Å². The van der Waals surface area contributed by atoms with E-state index in [0.717, 1.165) is 24.1 Å². The Balaban J connectivity index is 1.62. The number of hydrogen-bond donors (Lipinski definition) is 1. The standard InChI is InChI=1S/C22H23ClN4O3S/c1-12-3-6-15(23)9-18(12)25-22(28)17-10-19(14-4-5-14)24-21-20(17)13(2)26-27(21)16-7-8-31(29,30)11-16/h3,6,9-10,14,16H,4-5,7-8,11H2,1-2H3,(H,25,28)/t16-/m1/s1. The van der Waals surface area contributed by atoms with Crippen molar-refractivity contribution in [1.82, 2.24) is 14.8 Å². The zero-order valence-electron chi connectivity index (χ0n) is 17.4. The van der Waals surface area contributed by atoms with E-state index >= 15 is 0 Å². The molecule has 2 fully saturated rings. The van der Waals surface area contributed by atoms with Gasteiger partial charge in [0.1, 0.15) is 0 Å². The smallest absolute Gasteiger partial charge is 0.256 e. The third-order valence-corrected chi connectivity index (χ3v) is 8.08. The van der Waals surface area contributed by atoms with Crippen LogP contribution in [-0.4, -0.2) is 40.6 Å². The molecule has 162 valence electrons. The molecule has 1 aromatic carbocycles. The lowest BCUT2D eigenvalue weighted by atomic mass is 10.1. The number of pyridine rings is 1. The van der Waals surface area contributed by atoms with Gasteiger partial charge < -0.3 is 5.32 Å². The topological polar surface area (TPSA) is 93.9 Å². The zero-order valence-corrected chi connectivity index (χ0v) is 18.9. The summed E-state index contributed by atoms with van der Waals surface area (Å²) in [6.07, 6.45) is 2.59. The van der Waals surface area contributed by atoms with Crippen molar-refractivity contribution in [2.24, 2.45) is 0 Å². The predicted octanol–water partition coefficient (Wildman–Crippen LogP) is 4.19. The average molecular weight is 459 g/mol. The van der Waals surface area contributed by atoms with Gasteiger partial charge in [0, 0.05) is 22.3 Å². The second-order valence-electron chi connectivity index (χ2n) is 8.57. The van der Waals surface area contributed by atoms with Crippen LogP contribution in [0.25, 0.3) is 11.0 Å². The van der Waals surface area contributed by atoms with Gasteiger partial charge in [0.15, 0.2) is 15.5 Å². The van der Waals surface area contributed by atoms with E-state index in [1.54, 1.807) is 16.8 Å². The summed E-state index contributed by atoms with van der Waals surface area (Å²) in [6.45, 7) is 3.75. The molecule has 1 aliphatic carbocycles. The molecule has 1 saturated heterocycles. The first kappa shape index (κ1) is 20.5. The Morgan fingerprint density at radius 3 is 2.65 bits per heavy atom. The molecule has 5 rings (SSSR count). The summed E-state index contributed by atoms with van der Waals surface area (Å²) < 4.78 is 25.8. The van der Waals surface area contributed by atoms with Crippen LogP contribution in [0.4, 0.5) is 5.69 Å². The molecule has 3 heterocycles. The first-order valence-electron chi connectivity index (χ1n) is 10.4. The van der Waals surface area contributed by atoms with Crippen LogP contribution in [0.5, 0.6) is 0 Å². The first-order valence-corrected chi connectivity index (χ1v) is 12.6. The molecule has 1 atom stereocenters. The molecule has 1 N–H and O–H groups in total. The van der Waals surface area contributed by atoms with Gasteiger partial charge in [-0.15, -0.1) is 0 Å². The number of carbonyl (C=O) groups is 1. The van der Waals surface area contributed by atoms with Crippen molar-refractivity contribution in [1.29, 1.82) is 0 Å². The van der Waals surface area contributed by atoms with Crippen molar-refractivity contribution >= 4 is 44.1 Å². The van der Waals surface area contributed by atoms with Crippen LogP contribution < -0.4 is 5.32 Å². The molecule has 3 aromatic rings. The van der Waals surface area contributed by atoms with Crippen LogP contribution >= 0.6 is 11.6 Å². The number of nitrogens with zero attached hydrogens (tertiary/aromatic N) is 3. The quantitative estimate of drug-likeness (QED) is 0.632. The minimum Gasteiger partial charge on any atom is -0.322 e. The van der Waals surface area contributed by atoms with Gasteiger partial charge in [-0.25, -0.2) is 18.1 Å². The fraction of sp³-hybridized carbons (Fsp3) is 0.409. The van der Waals surface area contributed by atoms with Gasteiger partial charge in [0.25, 0.3) is 5.91 Å². The zero-order chi connectivity index (χ0) is 21.9. The summed E-state index contributed by atoms with van der Waals surface area (Å²) in [6, 6.07) is 6.98. The van der Waals surface area contributed by atoms with E-state index in [9.17, 15) is 13.2 Å². The fourth-order valence-electron chi connectivity index (χ4n) is 4.24. The van der Waals surface area contributed by atoms with E-state index in [4.69, 9.17) is 16.6 Å². The molecule has 0 bridgehead atoms. The Hall–Kier alpha value is -2.45. The SMILES string of the molecule is Cc1ccc(Cl)cc1NC(=O)c1cc(C2CC2)nc2c1c(C)nn2[C@@H]1CCS(=O)(=O)C1. The Morgan fingerprint density at radius 1 is 1.19 bits per heavy atom. The highest BCUT2D eigenvalue weighted by molar-refractivity contribution is 7.91. The number of rotatable bonds is 4. The van der Waals surface area contributed by atoms with Crippen LogP contribution in [0.2, 0.25) is 5.02 Å². The monoisotopic (exact) mass is 458 g/mol. The highest BCUT2D eigenvalue weighted by Gasteiger charge is 2.34. The summed E-state index contributed by atoms with van der Waals surface area (Å²) in [5.74, 6) is 0.296. The van der Waals surface area contributed by atoms with Gasteiger partial charge in [-0.3, -0.25) is 4.79 Å². The summed E-state index contributed by atoms with van der Waals surface area (Å²) >= 11 is 6.12. The highest BCUT2D eigenvalue weighted by atomic mass is 35.5. The Kier molecular flexibility index (Phi) is 4.82. The van der Waals surface area contributed by atoms with Crippen molar-refractivity contribution in [3.63, 3.8) is 0 Å². The Morgan fingerprint density at radius 2 is 1.97 bits per heavy atom. The molecule has 1 saturated carbocycles. The molecule has 0 radical (unpaired) electrons. The minimum atomic E-state index is -3.07. The van der Waals surface area contributed by atoms with Gasteiger partial charge in [0.05, 0.1) is 34.2 Å². The molecular formula is C22H23ClN4O3S. The summed E-state index contributed by atoms with van der Waals surface area (Å²) in [5.41, 5.74) is 4.20. The van der Waals surface area contributed by atoms with Crippen molar-refractivity contribution in [3.8, 4) is 0 Å². The van der Waals surface area contributed by atoms with E-state index in [0.29, 0.717) is 45.3 Å². The van der Waals surface area contributed by atoms with Crippen molar-refractivity contribution < 1.29 is 13.2 Å². The number of anilines is 1. The van der Waals surface area contributed by atoms with Crippen molar-refractivity contribution in [3.05, 3.63) is 51.8 Å². The van der Waals surface area contributed by atoms with Crippen LogP contribution in [0, 0.1) is 13.8 Å². The number of carbonyl (C=O) groups excluding carboxylic acids is 1. The second kappa shape index (κ2) is 7.31. The lowest BCUT2D eigenvalue weighted by Crippen LogP contribution is -2.16. The largest absolute Gasteiger partial charge is 0.322 e. The number of hydrogen-bond acceptors (Lipinski definition) is 5. The average Bonchev–Trinajstić information content (AvgIpc) is 3.43. The molecule has 7 nitrogen and oxygen atoms in total. The lowest BCUT2D eigenvalue weighted by molar-refractivity contribution is 0.102. The molecule has 1 amide bonds. The maximum Gasteiger partial charge on any atom is 0.256 e. The molecule has 1 aliphatic heterocycles. The van der Waals surface area contributed by atoms with Gasteiger partial charge in [-0.05, 0) is 56.9 Å². The minimum absolute atomic E-state index is 0.0573. The number of aromatic nitrogens is 3. The number of amides is 1. The number of fused-ring (bicyclic) bond motifs is 1. The number of nitrogens with one attached hydrogen (secondary N) is 1. The summed E-state index contributed by atoms with van der Waals surface area (Å²) in [4.78, 5) is 18.2. The van der Waals surface area contributed by atoms with E-state index in [2.05, 4.69) is 10.4 Å². The lowest BCUT2D eigenvalue weighted by Gasteiger charge is -2.13. The van der Waals surface area contributed by atoms with Gasteiger partial charge in [0.2, 0.25) is 0 Å². The maximum absolute atomic E-state index is 13.4. The second-order valence-corrected chi connectivity index (χ2v) is 11.2. The number of benzene rings is 1. The van der Waals surface area contributed by atoms with E-state index in [1.165, 1.54) is 0 Å². The fourth-order valence-corrected chi connectivity index (χ4v) is 6.11. The van der Waals surface area contributed by atoms with Gasteiger partial charge >= 0.3 is 0 Å². The Labute approximate surface area is 185 Å². The van der Waals surface area contributed by atoms with Crippen molar-refractivity contribution in [2.45, 2.75) is 45.1 Å². The molecule has 0 unspecified atom stereocenters. The first-order chi connectivity index (χ1) is 14.7. The molecule has 0 spiro atoms. The van der Waals surface area contributed by atoms with Crippen LogP contribution in [-0.2, 0) is 9.84 Å². The van der Waals surface area contributed by atoms with Crippen LogP contribution in [0.1, 0.15) is 58.5 Å². The maximum atomic E-state index is 13.4. The Bertz CT molecular complexity index is 1330.